The number of hydrogen-bond donors (Lipinski definition) is 2. The lowest BCUT2D eigenvalue weighted by atomic mass is 10.0. The van der Waals surface area contributed by atoms with Crippen LogP contribution in [0.5, 0.6) is 0 Å². The second-order valence-corrected chi connectivity index (χ2v) is 7.05. The van der Waals surface area contributed by atoms with Gasteiger partial charge in [-0.15, -0.1) is 0 Å². The van der Waals surface area contributed by atoms with Crippen molar-refractivity contribution < 1.29 is 9.53 Å². The summed E-state index contributed by atoms with van der Waals surface area (Å²) in [4.78, 5) is 18.5. The van der Waals surface area contributed by atoms with Gasteiger partial charge in [0, 0.05) is 45.4 Å². The summed E-state index contributed by atoms with van der Waals surface area (Å²) in [6.45, 7) is 14.0. The van der Waals surface area contributed by atoms with Gasteiger partial charge in [-0.1, -0.05) is 26.0 Å². The van der Waals surface area contributed by atoms with Gasteiger partial charge < -0.3 is 20.3 Å². The second-order valence-electron chi connectivity index (χ2n) is 7.05. The standard InChI is InChI=1S/C22H38N4O2/c1-7-26(8-2)21(27)19-12-10-18(11-13-19)16-25-22(23-6)24-15-14-20(17(4)5)28-9-3/h10-13,17,20H,7-9,14-16H2,1-6H3,(H2,23,24,25). The first-order valence-electron chi connectivity index (χ1n) is 10.4. The van der Waals surface area contributed by atoms with Gasteiger partial charge in [0.15, 0.2) is 5.96 Å². The Morgan fingerprint density at radius 2 is 1.75 bits per heavy atom. The van der Waals surface area contributed by atoms with Gasteiger partial charge in [0.1, 0.15) is 0 Å². The molecule has 0 aliphatic rings. The lowest BCUT2D eigenvalue weighted by molar-refractivity contribution is 0.0258. The molecule has 6 nitrogen and oxygen atoms in total. The molecule has 158 valence electrons. The largest absolute Gasteiger partial charge is 0.378 e. The van der Waals surface area contributed by atoms with Crippen molar-refractivity contribution in [2.24, 2.45) is 10.9 Å². The summed E-state index contributed by atoms with van der Waals surface area (Å²) in [7, 11) is 1.77. The topological polar surface area (TPSA) is 66.0 Å². The molecule has 0 heterocycles. The van der Waals surface area contributed by atoms with E-state index in [0.717, 1.165) is 49.7 Å². The fourth-order valence-corrected chi connectivity index (χ4v) is 3.02. The van der Waals surface area contributed by atoms with E-state index in [1.54, 1.807) is 7.05 Å². The first kappa shape index (κ1) is 24.0. The van der Waals surface area contributed by atoms with Crippen molar-refractivity contribution in [1.82, 2.24) is 15.5 Å². The van der Waals surface area contributed by atoms with E-state index in [2.05, 4.69) is 29.5 Å². The van der Waals surface area contributed by atoms with Crippen molar-refractivity contribution >= 4 is 11.9 Å². The molecule has 0 fully saturated rings. The number of ether oxygens (including phenoxy) is 1. The van der Waals surface area contributed by atoms with Crippen molar-refractivity contribution in [3.63, 3.8) is 0 Å². The Labute approximate surface area is 170 Å². The summed E-state index contributed by atoms with van der Waals surface area (Å²) in [5, 5.41) is 6.66. The molecule has 1 aromatic rings. The van der Waals surface area contributed by atoms with Crippen LogP contribution < -0.4 is 10.6 Å². The molecule has 0 saturated carbocycles. The molecule has 0 aromatic heterocycles. The zero-order chi connectivity index (χ0) is 20.9. The Morgan fingerprint density at radius 3 is 2.25 bits per heavy atom. The zero-order valence-corrected chi connectivity index (χ0v) is 18.4. The predicted molar refractivity (Wildman–Crippen MR) is 117 cm³/mol. The average molecular weight is 391 g/mol. The summed E-state index contributed by atoms with van der Waals surface area (Å²) in [6, 6.07) is 7.76. The van der Waals surface area contributed by atoms with Gasteiger partial charge in [-0.05, 0) is 50.8 Å². The van der Waals surface area contributed by atoms with E-state index in [-0.39, 0.29) is 12.0 Å². The number of nitrogens with zero attached hydrogens (tertiary/aromatic N) is 2. The number of carbonyl (C=O) groups excluding carboxylic acids is 1. The minimum Gasteiger partial charge on any atom is -0.378 e. The Bertz CT molecular complexity index is 595. The minimum absolute atomic E-state index is 0.0796. The molecule has 1 aromatic carbocycles. The molecule has 0 radical (unpaired) electrons. The molecule has 0 aliphatic carbocycles. The Morgan fingerprint density at radius 1 is 1.11 bits per heavy atom. The van der Waals surface area contributed by atoms with Gasteiger partial charge in [-0.25, -0.2) is 0 Å². The molecule has 2 N–H and O–H groups in total. The molecule has 28 heavy (non-hydrogen) atoms. The number of rotatable bonds is 11. The van der Waals surface area contributed by atoms with E-state index in [0.29, 0.717) is 12.5 Å². The summed E-state index contributed by atoms with van der Waals surface area (Å²) >= 11 is 0. The van der Waals surface area contributed by atoms with Crippen molar-refractivity contribution in [3.8, 4) is 0 Å². The van der Waals surface area contributed by atoms with Crippen LogP contribution >= 0.6 is 0 Å². The molecule has 1 unspecified atom stereocenters. The number of carbonyl (C=O) groups is 1. The zero-order valence-electron chi connectivity index (χ0n) is 18.4. The van der Waals surface area contributed by atoms with E-state index in [4.69, 9.17) is 4.74 Å². The van der Waals surface area contributed by atoms with E-state index in [1.165, 1.54) is 0 Å². The molecular weight excluding hydrogens is 352 g/mol. The van der Waals surface area contributed by atoms with Crippen molar-refractivity contribution in [1.29, 1.82) is 0 Å². The van der Waals surface area contributed by atoms with E-state index >= 15 is 0 Å². The number of guanidine groups is 1. The molecule has 1 rings (SSSR count). The van der Waals surface area contributed by atoms with Crippen LogP contribution in [0.4, 0.5) is 0 Å². The van der Waals surface area contributed by atoms with Crippen LogP contribution in [-0.4, -0.2) is 56.2 Å². The van der Waals surface area contributed by atoms with Crippen molar-refractivity contribution in [3.05, 3.63) is 35.4 Å². The van der Waals surface area contributed by atoms with Crippen LogP contribution in [0, 0.1) is 5.92 Å². The quantitative estimate of drug-likeness (QED) is 0.449. The minimum atomic E-state index is 0.0796. The predicted octanol–water partition coefficient (Wildman–Crippen LogP) is 3.28. The van der Waals surface area contributed by atoms with Gasteiger partial charge in [-0.2, -0.15) is 0 Å². The molecular formula is C22H38N4O2. The van der Waals surface area contributed by atoms with E-state index in [9.17, 15) is 4.79 Å². The third-order valence-electron chi connectivity index (χ3n) is 4.78. The number of benzene rings is 1. The molecule has 0 saturated heterocycles. The van der Waals surface area contributed by atoms with Crippen LogP contribution in [0.3, 0.4) is 0 Å². The van der Waals surface area contributed by atoms with Gasteiger partial charge >= 0.3 is 0 Å². The molecule has 0 bridgehead atoms. The lowest BCUT2D eigenvalue weighted by Gasteiger charge is -2.21. The SMILES string of the molecule is CCOC(CCNC(=NC)NCc1ccc(C(=O)N(CC)CC)cc1)C(C)C. The normalized spacial score (nSPS) is 12.8. The highest BCUT2D eigenvalue weighted by molar-refractivity contribution is 5.94. The highest BCUT2D eigenvalue weighted by Gasteiger charge is 2.13. The number of hydrogen-bond acceptors (Lipinski definition) is 3. The average Bonchev–Trinajstić information content (AvgIpc) is 2.70. The van der Waals surface area contributed by atoms with Crippen LogP contribution in [0.15, 0.2) is 29.3 Å². The van der Waals surface area contributed by atoms with E-state index in [1.807, 2.05) is 49.9 Å². The Balaban J connectivity index is 2.50. The molecule has 0 aliphatic heterocycles. The van der Waals surface area contributed by atoms with Crippen molar-refractivity contribution in [2.45, 2.75) is 53.7 Å². The number of nitrogens with one attached hydrogen (secondary N) is 2. The van der Waals surface area contributed by atoms with Gasteiger partial charge in [0.25, 0.3) is 5.91 Å². The van der Waals surface area contributed by atoms with E-state index < -0.39 is 0 Å². The maximum Gasteiger partial charge on any atom is 0.253 e. The highest BCUT2D eigenvalue weighted by Crippen LogP contribution is 2.10. The summed E-state index contributed by atoms with van der Waals surface area (Å²) in [5.41, 5.74) is 1.83. The summed E-state index contributed by atoms with van der Waals surface area (Å²) in [6.07, 6.45) is 1.19. The Hall–Kier alpha value is -2.08. The first-order chi connectivity index (χ1) is 13.5. The van der Waals surface area contributed by atoms with Gasteiger partial charge in [-0.3, -0.25) is 9.79 Å². The van der Waals surface area contributed by atoms with Crippen LogP contribution in [0.1, 0.15) is 57.0 Å². The summed E-state index contributed by atoms with van der Waals surface area (Å²) < 4.78 is 5.78. The highest BCUT2D eigenvalue weighted by atomic mass is 16.5. The fraction of sp³-hybridized carbons (Fsp3) is 0.636. The molecule has 6 heteroatoms. The summed E-state index contributed by atoms with van der Waals surface area (Å²) in [5.74, 6) is 1.34. The number of aliphatic imine (C=N–C) groups is 1. The van der Waals surface area contributed by atoms with Crippen molar-refractivity contribution in [2.75, 3.05) is 33.3 Å². The molecule has 1 amide bonds. The van der Waals surface area contributed by atoms with Crippen LogP contribution in [0.25, 0.3) is 0 Å². The monoisotopic (exact) mass is 390 g/mol. The second kappa shape index (κ2) is 13.2. The molecule has 1 atom stereocenters. The Kier molecular flexibility index (Phi) is 11.3. The maximum absolute atomic E-state index is 12.4. The fourth-order valence-electron chi connectivity index (χ4n) is 3.02. The third kappa shape index (κ3) is 7.89. The van der Waals surface area contributed by atoms with Gasteiger partial charge in [0.2, 0.25) is 0 Å². The third-order valence-corrected chi connectivity index (χ3v) is 4.78. The van der Waals surface area contributed by atoms with Crippen LogP contribution in [0.2, 0.25) is 0 Å². The van der Waals surface area contributed by atoms with Crippen LogP contribution in [-0.2, 0) is 11.3 Å². The van der Waals surface area contributed by atoms with Gasteiger partial charge in [0.05, 0.1) is 6.10 Å². The first-order valence-corrected chi connectivity index (χ1v) is 10.4. The molecule has 0 spiro atoms. The number of amides is 1. The maximum atomic E-state index is 12.4. The lowest BCUT2D eigenvalue weighted by Crippen LogP contribution is -2.39. The smallest absolute Gasteiger partial charge is 0.253 e.